The van der Waals surface area contributed by atoms with Crippen molar-refractivity contribution in [2.75, 3.05) is 32.2 Å². The summed E-state index contributed by atoms with van der Waals surface area (Å²) in [4.78, 5) is 54.2. The third-order valence-electron chi connectivity index (χ3n) is 9.88. The fourth-order valence-electron chi connectivity index (χ4n) is 6.35. The second-order valence-corrected chi connectivity index (χ2v) is 18.8. The molecule has 0 radical (unpaired) electrons. The molecule has 0 aliphatic carbocycles. The highest BCUT2D eigenvalue weighted by molar-refractivity contribution is 8.76. The Morgan fingerprint density at radius 3 is 2.39 bits per heavy atom. The average molecular weight is 833 g/mol. The van der Waals surface area contributed by atoms with Crippen LogP contribution in [0.2, 0.25) is 5.02 Å². The molecule has 14 heteroatoms. The van der Waals surface area contributed by atoms with Gasteiger partial charge < -0.3 is 34.9 Å². The Morgan fingerprint density at radius 1 is 1.02 bits per heavy atom. The first-order valence-electron chi connectivity index (χ1n) is 19.2. The molecule has 0 bridgehead atoms. The van der Waals surface area contributed by atoms with E-state index in [1.807, 2.05) is 31.6 Å². The van der Waals surface area contributed by atoms with Crippen LogP contribution in [-0.4, -0.2) is 80.3 Å². The summed E-state index contributed by atoms with van der Waals surface area (Å²) in [5.74, 6) is -0.421. The van der Waals surface area contributed by atoms with Gasteiger partial charge in [0, 0.05) is 37.6 Å². The van der Waals surface area contributed by atoms with Crippen LogP contribution in [0, 0.1) is 23.2 Å². The molecule has 1 fully saturated rings. The fourth-order valence-corrected chi connectivity index (χ4v) is 8.23. The summed E-state index contributed by atoms with van der Waals surface area (Å²) < 4.78 is 23.4. The van der Waals surface area contributed by atoms with Gasteiger partial charge in [0.2, 0.25) is 11.8 Å². The Balaban J connectivity index is 1.52. The van der Waals surface area contributed by atoms with E-state index in [4.69, 9.17) is 30.5 Å². The molecule has 2 aromatic rings. The minimum atomic E-state index is -1.21. The predicted octanol–water partition coefficient (Wildman–Crippen LogP) is 6.86. The van der Waals surface area contributed by atoms with Crippen molar-refractivity contribution in [2.45, 2.75) is 97.8 Å². The minimum Gasteiger partial charge on any atom is -0.495 e. The number of esters is 2. The normalized spacial score (nSPS) is 24.4. The summed E-state index contributed by atoms with van der Waals surface area (Å²) in [6, 6.07) is 12.5. The molecule has 0 aromatic heterocycles. The monoisotopic (exact) mass is 831 g/mol. The number of epoxide rings is 1. The number of amides is 2. The van der Waals surface area contributed by atoms with Crippen molar-refractivity contribution in [3.8, 4) is 5.75 Å². The summed E-state index contributed by atoms with van der Waals surface area (Å²) in [5.41, 5.74) is 1.70. The number of cyclic esters (lactones) is 2. The van der Waals surface area contributed by atoms with Crippen molar-refractivity contribution >= 4 is 56.9 Å². The van der Waals surface area contributed by atoms with Crippen LogP contribution >= 0.6 is 33.2 Å². The highest BCUT2D eigenvalue weighted by atomic mass is 35.5. The van der Waals surface area contributed by atoms with E-state index >= 15 is 0 Å². The SMILES string of the molecule is COc1ccc(C[C@H]2NC(=O)C=CC[C@@H]([C@H](C)[C@H]3O[C@@H]3c3ccc(CNCC(C)CSSC)cc3)OC(=O)[C@H](CC(C)C)OC(=O)C(C)(C)CNC2=O)cc1Cl. The summed E-state index contributed by atoms with van der Waals surface area (Å²) in [6.07, 6.45) is 3.34. The number of ether oxygens (including phenoxy) is 4. The zero-order valence-corrected chi connectivity index (χ0v) is 36.1. The molecule has 1 saturated heterocycles. The molecule has 4 rings (SSSR count). The number of hydrogen-bond acceptors (Lipinski definition) is 11. The molecule has 2 amide bonds. The summed E-state index contributed by atoms with van der Waals surface area (Å²) >= 11 is 6.36. The Morgan fingerprint density at radius 2 is 1.73 bits per heavy atom. The molecule has 56 heavy (non-hydrogen) atoms. The summed E-state index contributed by atoms with van der Waals surface area (Å²) in [6.45, 7) is 12.9. The van der Waals surface area contributed by atoms with Gasteiger partial charge in [-0.2, -0.15) is 0 Å². The van der Waals surface area contributed by atoms with Gasteiger partial charge in [0.1, 0.15) is 24.0 Å². The van der Waals surface area contributed by atoms with Crippen LogP contribution in [0.25, 0.3) is 0 Å². The Bertz CT molecular complexity index is 1670. The minimum absolute atomic E-state index is 0.0114. The van der Waals surface area contributed by atoms with Crippen LogP contribution in [0.3, 0.4) is 0 Å². The van der Waals surface area contributed by atoms with Gasteiger partial charge in [-0.15, -0.1) is 0 Å². The molecule has 1 unspecified atom stereocenters. The van der Waals surface area contributed by atoms with Crippen LogP contribution in [0.1, 0.15) is 77.2 Å². The van der Waals surface area contributed by atoms with Gasteiger partial charge in [-0.3, -0.25) is 14.4 Å². The molecule has 2 aromatic carbocycles. The van der Waals surface area contributed by atoms with Crippen LogP contribution in [-0.2, 0) is 46.4 Å². The van der Waals surface area contributed by atoms with Crippen LogP contribution in [0.5, 0.6) is 5.75 Å². The summed E-state index contributed by atoms with van der Waals surface area (Å²) in [5, 5.41) is 9.49. The number of halogens is 1. The van der Waals surface area contributed by atoms with Crippen molar-refractivity contribution < 1.29 is 38.1 Å². The number of carbonyl (C=O) groups is 4. The highest BCUT2D eigenvalue weighted by Gasteiger charge is 2.48. The number of carbonyl (C=O) groups excluding carboxylic acids is 4. The molecule has 2 heterocycles. The van der Waals surface area contributed by atoms with E-state index in [0.29, 0.717) is 22.3 Å². The molecule has 0 saturated carbocycles. The van der Waals surface area contributed by atoms with Crippen molar-refractivity contribution in [3.05, 3.63) is 76.3 Å². The van der Waals surface area contributed by atoms with Gasteiger partial charge in [0.15, 0.2) is 6.10 Å². The lowest BCUT2D eigenvalue weighted by atomic mass is 9.92. The lowest BCUT2D eigenvalue weighted by molar-refractivity contribution is -0.179. The number of hydrogen-bond donors (Lipinski definition) is 3. The molecular weight excluding hydrogens is 774 g/mol. The molecule has 2 aliphatic rings. The molecule has 2 aliphatic heterocycles. The van der Waals surface area contributed by atoms with E-state index in [0.717, 1.165) is 24.4 Å². The van der Waals surface area contributed by atoms with E-state index in [2.05, 4.69) is 53.4 Å². The first kappa shape index (κ1) is 45.5. The maximum absolute atomic E-state index is 13.8. The van der Waals surface area contributed by atoms with Gasteiger partial charge in [-0.05, 0) is 79.8 Å². The topological polar surface area (TPSA) is 145 Å². The van der Waals surface area contributed by atoms with E-state index in [-0.39, 0.29) is 49.9 Å². The number of methoxy groups -OCH3 is 1. The zero-order valence-electron chi connectivity index (χ0n) is 33.7. The second kappa shape index (κ2) is 21.5. The Hall–Kier alpha value is -3.23. The molecule has 0 spiro atoms. The number of benzene rings is 2. The van der Waals surface area contributed by atoms with E-state index < -0.39 is 47.4 Å². The van der Waals surface area contributed by atoms with Gasteiger partial charge in [-0.1, -0.05) is 97.3 Å². The smallest absolute Gasteiger partial charge is 0.347 e. The van der Waals surface area contributed by atoms with E-state index in [9.17, 15) is 19.2 Å². The second-order valence-electron chi connectivity index (χ2n) is 15.8. The third-order valence-corrected chi connectivity index (χ3v) is 12.2. The van der Waals surface area contributed by atoms with Crippen molar-refractivity contribution in [3.63, 3.8) is 0 Å². The molecule has 7 atom stereocenters. The zero-order chi connectivity index (χ0) is 41.0. The number of rotatable bonds is 15. The lowest BCUT2D eigenvalue weighted by Gasteiger charge is -2.29. The Kier molecular flexibility index (Phi) is 17.5. The van der Waals surface area contributed by atoms with Crippen molar-refractivity contribution in [2.24, 2.45) is 23.2 Å². The standard InChI is InChI=1S/C42H58ClN3O8S2/c1-25(2)18-35-40(49)52-33(27(4)37-38(54-37)30-15-12-28(13-16-30)22-44-21-26(3)23-56-55-8)10-9-11-36(47)46-32(20-29-14-17-34(51-7)31(43)19-29)39(48)45-24-42(5,6)41(50)53-35/h9,11-17,19,25-27,32-33,35,37-38,44H,10,18,20-24H2,1-8H3,(H,45,48)(H,46,47)/t26?,27-,32+,33-,35-,37+,38+/m0/s1. The van der Waals surface area contributed by atoms with Crippen molar-refractivity contribution in [1.82, 2.24) is 16.0 Å². The van der Waals surface area contributed by atoms with Crippen LogP contribution in [0.4, 0.5) is 0 Å². The first-order chi connectivity index (χ1) is 26.6. The molecule has 308 valence electrons. The maximum atomic E-state index is 13.8. The summed E-state index contributed by atoms with van der Waals surface area (Å²) in [7, 11) is 5.17. The van der Waals surface area contributed by atoms with Gasteiger partial charge in [-0.25, -0.2) is 4.79 Å². The van der Waals surface area contributed by atoms with Gasteiger partial charge in [0.25, 0.3) is 0 Å². The molecule has 3 N–H and O–H groups in total. The largest absolute Gasteiger partial charge is 0.495 e. The van der Waals surface area contributed by atoms with Gasteiger partial charge in [0.05, 0.1) is 23.7 Å². The third kappa shape index (κ3) is 13.7. The van der Waals surface area contributed by atoms with E-state index in [1.54, 1.807) is 48.9 Å². The number of nitrogens with one attached hydrogen (secondary N) is 3. The first-order valence-corrected chi connectivity index (χ1v) is 22.3. The lowest BCUT2D eigenvalue weighted by Crippen LogP contribution is -2.51. The Labute approximate surface area is 344 Å². The van der Waals surface area contributed by atoms with Crippen molar-refractivity contribution in [1.29, 1.82) is 0 Å². The fraction of sp³-hybridized carbons (Fsp3) is 0.571. The molecular formula is C42H58ClN3O8S2. The maximum Gasteiger partial charge on any atom is 0.347 e. The highest BCUT2D eigenvalue weighted by Crippen LogP contribution is 2.45. The predicted molar refractivity (Wildman–Crippen MR) is 223 cm³/mol. The molecule has 11 nitrogen and oxygen atoms in total. The van der Waals surface area contributed by atoms with Crippen LogP contribution < -0.4 is 20.7 Å². The quantitative estimate of drug-likeness (QED) is 0.0984. The van der Waals surface area contributed by atoms with Crippen LogP contribution in [0.15, 0.2) is 54.6 Å². The average Bonchev–Trinajstić information content (AvgIpc) is 3.96. The van der Waals surface area contributed by atoms with Gasteiger partial charge >= 0.3 is 11.9 Å². The van der Waals surface area contributed by atoms with E-state index in [1.165, 1.54) is 18.7 Å².